The van der Waals surface area contributed by atoms with E-state index < -0.39 is 12.0 Å². The van der Waals surface area contributed by atoms with E-state index in [-0.39, 0.29) is 11.9 Å². The molecular weight excluding hydrogens is 400 g/mol. The molecule has 1 aromatic carbocycles. The first-order valence-electron chi connectivity index (χ1n) is 8.49. The number of halogens is 1. The van der Waals surface area contributed by atoms with Crippen molar-refractivity contribution in [3.05, 3.63) is 50.8 Å². The smallest absolute Gasteiger partial charge is 0.338 e. The lowest BCUT2D eigenvalue weighted by molar-refractivity contribution is -0.143. The van der Waals surface area contributed by atoms with E-state index in [1.165, 1.54) is 7.11 Å². The molecule has 28 heavy (non-hydrogen) atoms. The molecule has 0 saturated heterocycles. The van der Waals surface area contributed by atoms with Crippen molar-refractivity contribution in [2.45, 2.75) is 32.9 Å². The van der Waals surface area contributed by atoms with Gasteiger partial charge in [0.25, 0.3) is 0 Å². The van der Waals surface area contributed by atoms with Crippen LogP contribution in [0.15, 0.2) is 45.2 Å². The highest BCUT2D eigenvalue weighted by Gasteiger charge is 2.44. The number of nitrogens with two attached hydrogens (primary N) is 1. The zero-order chi connectivity index (χ0) is 20.6. The van der Waals surface area contributed by atoms with Crippen molar-refractivity contribution >= 4 is 34.5 Å². The van der Waals surface area contributed by atoms with Crippen LogP contribution >= 0.6 is 23.4 Å². The molecule has 0 radical (unpaired) electrons. The number of nitriles is 1. The summed E-state index contributed by atoms with van der Waals surface area (Å²) >= 11 is 7.40. The Morgan fingerprint density at radius 1 is 1.46 bits per heavy atom. The number of carbonyl (C=O) groups excluding carboxylic acids is 1. The number of thioether (sulfide) groups is 1. The monoisotopic (exact) mass is 418 g/mol. The lowest BCUT2D eigenvalue weighted by Gasteiger charge is -2.35. The molecule has 0 saturated carbocycles. The van der Waals surface area contributed by atoms with Gasteiger partial charge < -0.3 is 15.2 Å². The molecule has 0 aliphatic carbocycles. The first-order valence-corrected chi connectivity index (χ1v) is 9.68. The number of carbonyl (C=O) groups is 1. The normalized spacial score (nSPS) is 18.8. The van der Waals surface area contributed by atoms with Gasteiger partial charge in [-0.25, -0.2) is 9.79 Å². The molecule has 1 atom stereocenters. The number of nitrogens with zero attached hydrogens (tertiary/aromatic N) is 3. The maximum atomic E-state index is 13.0. The van der Waals surface area contributed by atoms with E-state index in [2.05, 4.69) is 11.1 Å². The predicted molar refractivity (Wildman–Crippen MR) is 108 cm³/mol. The van der Waals surface area contributed by atoms with Crippen molar-refractivity contribution < 1.29 is 14.3 Å². The Morgan fingerprint density at radius 3 is 2.79 bits per heavy atom. The molecule has 2 aliphatic heterocycles. The molecule has 7 nitrogen and oxygen atoms in total. The average Bonchev–Trinajstić information content (AvgIpc) is 2.95. The Labute approximate surface area is 172 Å². The highest BCUT2D eigenvalue weighted by molar-refractivity contribution is 8.17. The van der Waals surface area contributed by atoms with Crippen molar-refractivity contribution in [1.29, 1.82) is 5.26 Å². The van der Waals surface area contributed by atoms with Gasteiger partial charge in [0, 0.05) is 10.6 Å². The molecule has 146 valence electrons. The number of allylic oxidation sites excluding steroid dienone is 2. The number of amidine groups is 1. The van der Waals surface area contributed by atoms with Gasteiger partial charge in [0.2, 0.25) is 0 Å². The van der Waals surface area contributed by atoms with Gasteiger partial charge in [0.1, 0.15) is 28.6 Å². The van der Waals surface area contributed by atoms with E-state index in [9.17, 15) is 10.1 Å². The van der Waals surface area contributed by atoms with Crippen LogP contribution in [0.5, 0.6) is 5.75 Å². The topological polar surface area (TPSA) is 101 Å². The summed E-state index contributed by atoms with van der Waals surface area (Å²) in [4.78, 5) is 19.4. The Balaban J connectivity index is 2.25. The van der Waals surface area contributed by atoms with Gasteiger partial charge in [-0.3, -0.25) is 4.90 Å². The molecule has 0 aromatic heterocycles. The number of fused-ring (bicyclic) bond motifs is 1. The fraction of sp³-hybridized carbons (Fsp3) is 0.316. The minimum atomic E-state index is -0.689. The summed E-state index contributed by atoms with van der Waals surface area (Å²) in [6.45, 7) is 5.27. The molecule has 2 heterocycles. The van der Waals surface area contributed by atoms with Crippen LogP contribution in [0, 0.1) is 11.3 Å². The fourth-order valence-electron chi connectivity index (χ4n) is 3.09. The second kappa shape index (κ2) is 7.78. The highest BCUT2D eigenvalue weighted by Crippen LogP contribution is 2.47. The van der Waals surface area contributed by atoms with E-state index in [0.29, 0.717) is 37.7 Å². The summed E-state index contributed by atoms with van der Waals surface area (Å²) in [5.74, 6) is 0.243. The van der Waals surface area contributed by atoms with E-state index in [1.54, 1.807) is 43.9 Å². The molecule has 1 aromatic rings. The number of esters is 1. The van der Waals surface area contributed by atoms with E-state index in [0.717, 1.165) is 11.8 Å². The third kappa shape index (κ3) is 3.43. The predicted octanol–water partition coefficient (Wildman–Crippen LogP) is 3.69. The number of hydrogen-bond donors (Lipinski definition) is 1. The third-order valence-electron chi connectivity index (χ3n) is 4.23. The Bertz CT molecular complexity index is 978. The van der Waals surface area contributed by atoms with Gasteiger partial charge in [-0.1, -0.05) is 11.6 Å². The van der Waals surface area contributed by atoms with Crippen LogP contribution < -0.4 is 10.5 Å². The molecule has 9 heteroatoms. The largest absolute Gasteiger partial charge is 0.496 e. The van der Waals surface area contributed by atoms with Crippen LogP contribution in [0.2, 0.25) is 5.02 Å². The van der Waals surface area contributed by atoms with Crippen molar-refractivity contribution in [1.82, 2.24) is 4.90 Å². The zero-order valence-corrected chi connectivity index (χ0v) is 17.4. The number of methoxy groups -OCH3 is 1. The zero-order valence-electron chi connectivity index (χ0n) is 15.8. The molecule has 0 unspecified atom stereocenters. The quantitative estimate of drug-likeness (QED) is 0.744. The number of benzene rings is 1. The Morgan fingerprint density at radius 2 is 2.18 bits per heavy atom. The Hall–Kier alpha value is -2.63. The van der Waals surface area contributed by atoms with Gasteiger partial charge in [-0.2, -0.15) is 5.26 Å². The van der Waals surface area contributed by atoms with Crippen molar-refractivity contribution in [3.8, 4) is 11.8 Å². The average molecular weight is 419 g/mol. The summed E-state index contributed by atoms with van der Waals surface area (Å²) < 4.78 is 11.0. The number of ether oxygens (including phenoxy) is 2. The first-order chi connectivity index (χ1) is 13.3. The second-order valence-electron chi connectivity index (χ2n) is 6.43. The summed E-state index contributed by atoms with van der Waals surface area (Å²) in [6, 6.07) is 6.52. The number of hydrogen-bond acceptors (Lipinski definition) is 8. The van der Waals surface area contributed by atoms with Crippen molar-refractivity contribution in [3.63, 3.8) is 0 Å². The molecular formula is C19H19ClN4O3S. The van der Waals surface area contributed by atoms with Crippen LogP contribution in [0.3, 0.4) is 0 Å². The number of aliphatic imine (C=N–C) groups is 1. The van der Waals surface area contributed by atoms with E-state index in [4.69, 9.17) is 26.8 Å². The lowest BCUT2D eigenvalue weighted by Crippen LogP contribution is -2.39. The SMILES string of the molecule is COc1ccc(Cl)cc1[C@H]1C(C(=O)OC(C)C)=C(C)N=C2SC(C#N)=C(N)N21. The maximum Gasteiger partial charge on any atom is 0.338 e. The van der Waals surface area contributed by atoms with Gasteiger partial charge >= 0.3 is 5.97 Å². The maximum absolute atomic E-state index is 13.0. The van der Waals surface area contributed by atoms with Crippen LogP contribution in [0.25, 0.3) is 0 Å². The molecule has 2 aliphatic rings. The summed E-state index contributed by atoms with van der Waals surface area (Å²) in [5.41, 5.74) is 7.68. The van der Waals surface area contributed by atoms with Crippen LogP contribution in [0.4, 0.5) is 0 Å². The second-order valence-corrected chi connectivity index (χ2v) is 7.85. The van der Waals surface area contributed by atoms with E-state index in [1.807, 2.05) is 0 Å². The first kappa shape index (κ1) is 20.1. The third-order valence-corrected chi connectivity index (χ3v) is 5.44. The highest BCUT2D eigenvalue weighted by atomic mass is 35.5. The Kier molecular flexibility index (Phi) is 5.59. The summed E-state index contributed by atoms with van der Waals surface area (Å²) in [5, 5.41) is 10.4. The fourth-order valence-corrected chi connectivity index (χ4v) is 4.19. The van der Waals surface area contributed by atoms with Gasteiger partial charge in [-0.05, 0) is 50.7 Å². The molecule has 3 rings (SSSR count). The van der Waals surface area contributed by atoms with Crippen molar-refractivity contribution in [2.75, 3.05) is 7.11 Å². The minimum absolute atomic E-state index is 0.223. The molecule has 0 fully saturated rings. The van der Waals surface area contributed by atoms with Gasteiger partial charge in [0.15, 0.2) is 5.17 Å². The standard InChI is InChI=1S/C19H19ClN4O3S/c1-9(2)27-18(25)15-10(3)23-19-24(17(22)14(8-21)28-19)16(15)12-7-11(20)5-6-13(12)26-4/h5-7,9,16H,22H2,1-4H3/t16-/m0/s1. The van der Waals surface area contributed by atoms with E-state index >= 15 is 0 Å². The number of rotatable bonds is 4. The summed E-state index contributed by atoms with van der Waals surface area (Å²) in [6.07, 6.45) is -0.310. The minimum Gasteiger partial charge on any atom is -0.496 e. The van der Waals surface area contributed by atoms with Crippen molar-refractivity contribution in [2.24, 2.45) is 10.7 Å². The molecule has 0 amide bonds. The van der Waals surface area contributed by atoms with Crippen LogP contribution in [0.1, 0.15) is 32.4 Å². The molecule has 0 bridgehead atoms. The molecule has 2 N–H and O–H groups in total. The van der Waals surface area contributed by atoms with Crippen LogP contribution in [-0.4, -0.2) is 29.3 Å². The van der Waals surface area contributed by atoms with Crippen LogP contribution in [-0.2, 0) is 9.53 Å². The molecule has 0 spiro atoms. The van der Waals surface area contributed by atoms with Gasteiger partial charge in [0.05, 0.1) is 24.5 Å². The summed E-state index contributed by atoms with van der Waals surface area (Å²) in [7, 11) is 1.53. The van der Waals surface area contributed by atoms with Gasteiger partial charge in [-0.15, -0.1) is 0 Å². The lowest BCUT2D eigenvalue weighted by atomic mass is 9.93.